The summed E-state index contributed by atoms with van der Waals surface area (Å²) in [6, 6.07) is 5.21. The molecule has 0 N–H and O–H groups in total. The van der Waals surface area contributed by atoms with E-state index >= 15 is 0 Å². The van der Waals surface area contributed by atoms with Crippen LogP contribution < -0.4 is 9.47 Å². The molecule has 1 aliphatic carbocycles. The Balaban J connectivity index is 1.68. The van der Waals surface area contributed by atoms with Crippen molar-refractivity contribution < 1.29 is 28.5 Å². The molecule has 3 unspecified atom stereocenters. The number of methoxy groups -OCH3 is 2. The van der Waals surface area contributed by atoms with Crippen LogP contribution >= 0.6 is 0 Å². The second kappa shape index (κ2) is 10.8. The van der Waals surface area contributed by atoms with Crippen LogP contribution in [0.2, 0.25) is 0 Å². The van der Waals surface area contributed by atoms with Crippen LogP contribution in [0.25, 0.3) is 0 Å². The van der Waals surface area contributed by atoms with Crippen molar-refractivity contribution >= 4 is 11.7 Å². The fourth-order valence-corrected chi connectivity index (χ4v) is 5.23. The van der Waals surface area contributed by atoms with E-state index in [-0.39, 0.29) is 29.5 Å². The first-order valence-electron chi connectivity index (χ1n) is 12.5. The van der Waals surface area contributed by atoms with Gasteiger partial charge in [-0.2, -0.15) is 0 Å². The van der Waals surface area contributed by atoms with Crippen LogP contribution in [0.1, 0.15) is 64.0 Å². The van der Waals surface area contributed by atoms with Gasteiger partial charge in [0.15, 0.2) is 23.0 Å². The summed E-state index contributed by atoms with van der Waals surface area (Å²) in [6.07, 6.45) is 5.12. The fraction of sp³-hybridized carbons (Fsp3) is 0.630. The molecule has 0 bridgehead atoms. The molecule has 34 heavy (non-hydrogen) atoms. The molecule has 2 aliphatic heterocycles. The third-order valence-corrected chi connectivity index (χ3v) is 7.06. The number of rotatable bonds is 10. The van der Waals surface area contributed by atoms with Crippen molar-refractivity contribution in [3.8, 4) is 11.5 Å². The van der Waals surface area contributed by atoms with E-state index in [2.05, 4.69) is 13.8 Å². The van der Waals surface area contributed by atoms with Crippen LogP contribution in [0.3, 0.4) is 0 Å². The van der Waals surface area contributed by atoms with E-state index in [4.69, 9.17) is 18.9 Å². The van der Waals surface area contributed by atoms with E-state index in [0.717, 1.165) is 37.7 Å². The van der Waals surface area contributed by atoms with Gasteiger partial charge >= 0.3 is 0 Å². The van der Waals surface area contributed by atoms with E-state index in [1.54, 1.807) is 19.1 Å². The number of carbonyl (C=O) groups is 2. The van der Waals surface area contributed by atoms with Crippen LogP contribution in [0.15, 0.2) is 29.5 Å². The van der Waals surface area contributed by atoms with Gasteiger partial charge in [0, 0.05) is 20.3 Å². The van der Waals surface area contributed by atoms with Crippen molar-refractivity contribution in [1.82, 2.24) is 4.90 Å². The van der Waals surface area contributed by atoms with Crippen LogP contribution in [0, 0.1) is 11.8 Å². The van der Waals surface area contributed by atoms with E-state index in [1.807, 2.05) is 18.2 Å². The first-order chi connectivity index (χ1) is 16.5. The summed E-state index contributed by atoms with van der Waals surface area (Å²) in [4.78, 5) is 28.9. The molecular weight excluding hydrogens is 434 g/mol. The molecule has 2 heterocycles. The number of hydrogen-bond acceptors (Lipinski definition) is 6. The fourth-order valence-electron chi connectivity index (χ4n) is 5.23. The van der Waals surface area contributed by atoms with E-state index < -0.39 is 6.04 Å². The molecule has 1 amide bonds. The lowest BCUT2D eigenvalue weighted by molar-refractivity contribution is -0.135. The minimum absolute atomic E-state index is 0.0646. The normalized spacial score (nSPS) is 24.3. The molecule has 186 valence electrons. The molecule has 7 nitrogen and oxygen atoms in total. The maximum absolute atomic E-state index is 13.7. The number of fused-ring (bicyclic) bond motifs is 1. The summed E-state index contributed by atoms with van der Waals surface area (Å²) in [5, 5.41) is 0. The van der Waals surface area contributed by atoms with Gasteiger partial charge in [-0.3, -0.25) is 9.59 Å². The van der Waals surface area contributed by atoms with Gasteiger partial charge in [-0.15, -0.1) is 0 Å². The number of Topliss-reactive ketones (excluding diaryl/α,β-unsaturated/α-hetero) is 1. The van der Waals surface area contributed by atoms with Gasteiger partial charge < -0.3 is 23.8 Å². The van der Waals surface area contributed by atoms with E-state index in [9.17, 15) is 9.59 Å². The molecule has 3 aliphatic rings. The molecule has 0 aromatic heterocycles. The van der Waals surface area contributed by atoms with Crippen molar-refractivity contribution in [2.45, 2.75) is 64.5 Å². The van der Waals surface area contributed by atoms with Gasteiger partial charge in [-0.05, 0) is 55.7 Å². The van der Waals surface area contributed by atoms with Crippen molar-refractivity contribution in [2.24, 2.45) is 11.8 Å². The zero-order valence-electron chi connectivity index (χ0n) is 20.8. The van der Waals surface area contributed by atoms with Crippen LogP contribution in [0.4, 0.5) is 0 Å². The Morgan fingerprint density at radius 1 is 1.09 bits per heavy atom. The Bertz CT molecular complexity index is 939. The Hall–Kier alpha value is -2.54. The van der Waals surface area contributed by atoms with Gasteiger partial charge in [0.1, 0.15) is 6.10 Å². The first-order valence-corrected chi connectivity index (χ1v) is 12.5. The first kappa shape index (κ1) is 24.6. The number of ketones is 1. The smallest absolute Gasteiger partial charge is 0.290 e. The number of carbonyl (C=O) groups excluding carboxylic acids is 2. The molecule has 1 saturated carbocycles. The van der Waals surface area contributed by atoms with Crippen LogP contribution in [-0.4, -0.2) is 56.7 Å². The molecule has 1 fully saturated rings. The highest BCUT2D eigenvalue weighted by molar-refractivity contribution is 6.11. The van der Waals surface area contributed by atoms with Crippen molar-refractivity contribution in [3.05, 3.63) is 35.1 Å². The largest absolute Gasteiger partial charge is 0.493 e. The van der Waals surface area contributed by atoms with Crippen LogP contribution in [0.5, 0.6) is 11.5 Å². The molecule has 1 aromatic rings. The summed E-state index contributed by atoms with van der Waals surface area (Å²) < 4.78 is 23.0. The minimum atomic E-state index is -0.492. The number of nitrogens with zero attached hydrogens (tertiary/aromatic N) is 1. The van der Waals surface area contributed by atoms with Gasteiger partial charge in [-0.25, -0.2) is 0 Å². The van der Waals surface area contributed by atoms with Gasteiger partial charge in [0.2, 0.25) is 0 Å². The Kier molecular flexibility index (Phi) is 7.81. The summed E-state index contributed by atoms with van der Waals surface area (Å²) in [5.41, 5.74) is 1.33. The van der Waals surface area contributed by atoms with Crippen molar-refractivity contribution in [1.29, 1.82) is 0 Å². The predicted molar refractivity (Wildman–Crippen MR) is 128 cm³/mol. The Labute approximate surface area is 202 Å². The summed E-state index contributed by atoms with van der Waals surface area (Å²) in [7, 11) is 3.25. The van der Waals surface area contributed by atoms with Gasteiger partial charge in [0.25, 0.3) is 5.91 Å². The SMILES string of the molecule is COCCCN1C(=O)C2=C(C(=O)C3CCCCC3O2)C1c1ccc(OCCC(C)C)c(OC)c1. The Morgan fingerprint density at radius 2 is 1.88 bits per heavy atom. The molecule has 7 heteroatoms. The van der Waals surface area contributed by atoms with Gasteiger partial charge in [-0.1, -0.05) is 26.3 Å². The lowest BCUT2D eigenvalue weighted by Crippen LogP contribution is -2.39. The van der Waals surface area contributed by atoms with Crippen LogP contribution in [-0.2, 0) is 19.1 Å². The predicted octanol–water partition coefficient (Wildman–Crippen LogP) is 4.45. The maximum Gasteiger partial charge on any atom is 0.290 e. The van der Waals surface area contributed by atoms with Crippen molar-refractivity contribution in [3.63, 3.8) is 0 Å². The highest BCUT2D eigenvalue weighted by atomic mass is 16.5. The maximum atomic E-state index is 13.7. The zero-order chi connectivity index (χ0) is 24.2. The van der Waals surface area contributed by atoms with Gasteiger partial charge in [0.05, 0.1) is 31.2 Å². The lowest BCUT2D eigenvalue weighted by Gasteiger charge is -2.35. The number of ether oxygens (including phenoxy) is 4. The van der Waals surface area contributed by atoms with E-state index in [0.29, 0.717) is 49.2 Å². The average molecular weight is 472 g/mol. The quantitative estimate of drug-likeness (QED) is 0.470. The van der Waals surface area contributed by atoms with E-state index in [1.165, 1.54) is 0 Å². The standard InChI is InChI=1S/C27H37NO6/c1-17(2)12-15-33-21-11-10-18(16-22(21)32-4)24-23-25(29)19-8-5-6-9-20(19)34-26(23)27(30)28(24)13-7-14-31-3/h10-11,16-17,19-20,24H,5-9,12-15H2,1-4H3. The van der Waals surface area contributed by atoms with Crippen molar-refractivity contribution in [2.75, 3.05) is 34.0 Å². The third-order valence-electron chi connectivity index (χ3n) is 7.06. The second-order valence-electron chi connectivity index (χ2n) is 9.84. The third kappa shape index (κ3) is 4.81. The molecule has 0 spiro atoms. The molecule has 0 radical (unpaired) electrons. The second-order valence-corrected chi connectivity index (χ2v) is 9.84. The monoisotopic (exact) mass is 471 g/mol. The highest BCUT2D eigenvalue weighted by Gasteiger charge is 2.51. The summed E-state index contributed by atoms with van der Waals surface area (Å²) >= 11 is 0. The molecular formula is C27H37NO6. The molecule has 3 atom stereocenters. The summed E-state index contributed by atoms with van der Waals surface area (Å²) in [6.45, 7) is 5.93. The molecule has 4 rings (SSSR count). The molecule has 1 aromatic carbocycles. The number of amides is 1. The lowest BCUT2D eigenvalue weighted by atomic mass is 9.77. The molecule has 0 saturated heterocycles. The number of benzene rings is 1. The topological polar surface area (TPSA) is 74.3 Å². The zero-order valence-corrected chi connectivity index (χ0v) is 20.8. The summed E-state index contributed by atoms with van der Waals surface area (Å²) in [5.74, 6) is 1.74. The minimum Gasteiger partial charge on any atom is -0.493 e. The highest BCUT2D eigenvalue weighted by Crippen LogP contribution is 2.47. The number of hydrogen-bond donors (Lipinski definition) is 0. The Morgan fingerprint density at radius 3 is 2.62 bits per heavy atom. The average Bonchev–Trinajstić information content (AvgIpc) is 3.11.